The Morgan fingerprint density at radius 1 is 1.06 bits per heavy atom. The highest BCUT2D eigenvalue weighted by Gasteiger charge is 2.29. The predicted octanol–water partition coefficient (Wildman–Crippen LogP) is 5.71. The summed E-state index contributed by atoms with van der Waals surface area (Å²) in [6.45, 7) is 8.55. The van der Waals surface area contributed by atoms with E-state index in [0.29, 0.717) is 28.8 Å². The van der Waals surface area contributed by atoms with Crippen LogP contribution in [0.3, 0.4) is 0 Å². The molecule has 2 aromatic rings. The van der Waals surface area contributed by atoms with Gasteiger partial charge in [-0.05, 0) is 67.6 Å². The van der Waals surface area contributed by atoms with Crippen LogP contribution in [0.2, 0.25) is 10.0 Å². The molecule has 0 unspecified atom stereocenters. The van der Waals surface area contributed by atoms with Crippen molar-refractivity contribution in [3.63, 3.8) is 0 Å². The normalized spacial score (nSPS) is 11.7. The fourth-order valence-corrected chi connectivity index (χ4v) is 3.76. The number of nitrogens with zero attached hydrogens (tertiary/aromatic N) is 1. The molecule has 0 aliphatic heterocycles. The van der Waals surface area contributed by atoms with Gasteiger partial charge in [-0.2, -0.15) is 0 Å². The summed E-state index contributed by atoms with van der Waals surface area (Å²) in [5.74, 6) is 0.156. The van der Waals surface area contributed by atoms with Crippen molar-refractivity contribution in [1.29, 1.82) is 0 Å². The van der Waals surface area contributed by atoms with E-state index in [2.05, 4.69) is 12.2 Å². The Morgan fingerprint density at radius 3 is 2.44 bits per heavy atom. The van der Waals surface area contributed by atoms with E-state index in [-0.39, 0.29) is 25.0 Å². The average Bonchev–Trinajstić information content (AvgIpc) is 2.75. The molecule has 0 saturated heterocycles. The number of nitrogens with one attached hydrogen (secondary N) is 1. The summed E-state index contributed by atoms with van der Waals surface area (Å²) in [5, 5.41) is 3.90. The minimum Gasteiger partial charge on any atom is -0.484 e. The first-order valence-corrected chi connectivity index (χ1v) is 11.7. The van der Waals surface area contributed by atoms with E-state index in [1.54, 1.807) is 18.2 Å². The third kappa shape index (κ3) is 7.42. The molecular weight excluding hydrogens is 447 g/mol. The summed E-state index contributed by atoms with van der Waals surface area (Å²) in [6, 6.07) is 10.2. The molecule has 0 fully saturated rings. The zero-order chi connectivity index (χ0) is 23.7. The van der Waals surface area contributed by atoms with E-state index < -0.39 is 6.04 Å². The van der Waals surface area contributed by atoms with Gasteiger partial charge in [-0.3, -0.25) is 9.59 Å². The van der Waals surface area contributed by atoms with Crippen molar-refractivity contribution < 1.29 is 14.3 Å². The van der Waals surface area contributed by atoms with Crippen molar-refractivity contribution >= 4 is 35.0 Å². The second-order valence-corrected chi connectivity index (χ2v) is 8.70. The summed E-state index contributed by atoms with van der Waals surface area (Å²) in [7, 11) is 0. The Kier molecular flexibility index (Phi) is 10.3. The van der Waals surface area contributed by atoms with Gasteiger partial charge in [0.1, 0.15) is 11.8 Å². The fourth-order valence-electron chi connectivity index (χ4n) is 3.29. The smallest absolute Gasteiger partial charge is 0.261 e. The second kappa shape index (κ2) is 12.7. The SMILES string of the molecule is CCCCNC(=O)[C@H](CC)N(Cc1ccc(Cl)cc1Cl)C(=O)COc1ccc(C)c(C)c1. The molecule has 0 radical (unpaired) electrons. The summed E-state index contributed by atoms with van der Waals surface area (Å²) in [4.78, 5) is 27.7. The summed E-state index contributed by atoms with van der Waals surface area (Å²) >= 11 is 12.4. The van der Waals surface area contributed by atoms with Crippen molar-refractivity contribution in [1.82, 2.24) is 10.2 Å². The molecule has 32 heavy (non-hydrogen) atoms. The number of aryl methyl sites for hydroxylation is 2. The number of carbonyl (C=O) groups excluding carboxylic acids is 2. The van der Waals surface area contributed by atoms with Gasteiger partial charge in [0, 0.05) is 23.1 Å². The quantitative estimate of drug-likeness (QED) is 0.420. The van der Waals surface area contributed by atoms with Crippen molar-refractivity contribution in [2.24, 2.45) is 0 Å². The molecule has 174 valence electrons. The minimum atomic E-state index is -0.630. The molecule has 2 rings (SSSR count). The average molecular weight is 479 g/mol. The maximum absolute atomic E-state index is 13.2. The van der Waals surface area contributed by atoms with Crippen LogP contribution in [0.15, 0.2) is 36.4 Å². The first-order chi connectivity index (χ1) is 15.3. The van der Waals surface area contributed by atoms with Crippen molar-refractivity contribution in [3.8, 4) is 5.75 Å². The van der Waals surface area contributed by atoms with Crippen LogP contribution in [0.25, 0.3) is 0 Å². The molecule has 0 saturated carbocycles. The number of hydrogen-bond acceptors (Lipinski definition) is 3. The largest absolute Gasteiger partial charge is 0.484 e. The number of benzene rings is 2. The molecule has 2 amide bonds. The molecule has 7 heteroatoms. The minimum absolute atomic E-state index is 0.174. The number of hydrogen-bond donors (Lipinski definition) is 1. The van der Waals surface area contributed by atoms with E-state index in [0.717, 1.165) is 29.5 Å². The lowest BCUT2D eigenvalue weighted by Gasteiger charge is -2.31. The molecule has 0 aromatic heterocycles. The first kappa shape index (κ1) is 26.0. The zero-order valence-electron chi connectivity index (χ0n) is 19.2. The standard InChI is InChI=1S/C25H32Cl2N2O3/c1-5-7-12-28-25(31)23(6-2)29(15-19-9-10-20(26)14-22(19)27)24(30)16-32-21-11-8-17(3)18(4)13-21/h8-11,13-14,23H,5-7,12,15-16H2,1-4H3,(H,28,31)/t23-/m0/s1. The lowest BCUT2D eigenvalue weighted by molar-refractivity contribution is -0.143. The van der Waals surface area contributed by atoms with Gasteiger partial charge in [-0.1, -0.05) is 55.6 Å². The molecule has 0 heterocycles. The van der Waals surface area contributed by atoms with Crippen LogP contribution in [-0.2, 0) is 16.1 Å². The van der Waals surface area contributed by atoms with Crippen LogP contribution in [0.4, 0.5) is 0 Å². The number of unbranched alkanes of at least 4 members (excludes halogenated alkanes) is 1. The van der Waals surface area contributed by atoms with Gasteiger partial charge in [0.2, 0.25) is 5.91 Å². The zero-order valence-corrected chi connectivity index (χ0v) is 20.7. The molecule has 0 spiro atoms. The Morgan fingerprint density at radius 2 is 1.81 bits per heavy atom. The summed E-state index contributed by atoms with van der Waals surface area (Å²) in [5.41, 5.74) is 2.95. The summed E-state index contributed by atoms with van der Waals surface area (Å²) in [6.07, 6.45) is 2.33. The monoisotopic (exact) mass is 478 g/mol. The molecule has 5 nitrogen and oxygen atoms in total. The van der Waals surface area contributed by atoms with Crippen LogP contribution in [-0.4, -0.2) is 35.9 Å². The molecule has 0 bridgehead atoms. The van der Waals surface area contributed by atoms with Gasteiger partial charge in [-0.25, -0.2) is 0 Å². The van der Waals surface area contributed by atoms with Crippen molar-refractivity contribution in [2.45, 2.75) is 59.5 Å². The number of carbonyl (C=O) groups is 2. The van der Waals surface area contributed by atoms with Gasteiger partial charge in [-0.15, -0.1) is 0 Å². The Labute approximate surface area is 201 Å². The maximum Gasteiger partial charge on any atom is 0.261 e. The highest BCUT2D eigenvalue weighted by molar-refractivity contribution is 6.35. The van der Waals surface area contributed by atoms with Crippen LogP contribution < -0.4 is 10.1 Å². The molecule has 1 N–H and O–H groups in total. The third-order valence-electron chi connectivity index (χ3n) is 5.41. The fraction of sp³-hybridized carbons (Fsp3) is 0.440. The van der Waals surface area contributed by atoms with Gasteiger partial charge in [0.25, 0.3) is 5.91 Å². The lowest BCUT2D eigenvalue weighted by atomic mass is 10.1. The summed E-state index contributed by atoms with van der Waals surface area (Å²) < 4.78 is 5.77. The van der Waals surface area contributed by atoms with Crippen molar-refractivity contribution in [2.75, 3.05) is 13.2 Å². The maximum atomic E-state index is 13.2. The van der Waals surface area contributed by atoms with E-state index in [9.17, 15) is 9.59 Å². The molecule has 2 aromatic carbocycles. The number of halogens is 2. The van der Waals surface area contributed by atoms with E-state index in [1.807, 2.05) is 39.0 Å². The van der Waals surface area contributed by atoms with Crippen LogP contribution in [0.5, 0.6) is 5.75 Å². The van der Waals surface area contributed by atoms with Gasteiger partial charge in [0.15, 0.2) is 6.61 Å². The predicted molar refractivity (Wildman–Crippen MR) is 130 cm³/mol. The van der Waals surface area contributed by atoms with E-state index in [1.165, 1.54) is 4.90 Å². The van der Waals surface area contributed by atoms with Crippen LogP contribution >= 0.6 is 23.2 Å². The second-order valence-electron chi connectivity index (χ2n) is 7.86. The van der Waals surface area contributed by atoms with Crippen LogP contribution in [0, 0.1) is 13.8 Å². The number of ether oxygens (including phenoxy) is 1. The highest BCUT2D eigenvalue weighted by atomic mass is 35.5. The van der Waals surface area contributed by atoms with E-state index in [4.69, 9.17) is 27.9 Å². The van der Waals surface area contributed by atoms with Crippen molar-refractivity contribution in [3.05, 3.63) is 63.1 Å². The molecule has 0 aliphatic rings. The van der Waals surface area contributed by atoms with Gasteiger partial charge >= 0.3 is 0 Å². The molecular formula is C25H32Cl2N2O3. The third-order valence-corrected chi connectivity index (χ3v) is 6.00. The lowest BCUT2D eigenvalue weighted by Crippen LogP contribution is -2.50. The first-order valence-electron chi connectivity index (χ1n) is 11.0. The van der Waals surface area contributed by atoms with Gasteiger partial charge in [0.05, 0.1) is 0 Å². The van der Waals surface area contributed by atoms with Gasteiger partial charge < -0.3 is 15.0 Å². The number of rotatable bonds is 11. The highest BCUT2D eigenvalue weighted by Crippen LogP contribution is 2.24. The topological polar surface area (TPSA) is 58.6 Å². The molecule has 0 aliphatic carbocycles. The molecule has 1 atom stereocenters. The number of amides is 2. The van der Waals surface area contributed by atoms with Crippen LogP contribution in [0.1, 0.15) is 49.8 Å². The Hall–Kier alpha value is -2.24. The van der Waals surface area contributed by atoms with E-state index >= 15 is 0 Å². The Balaban J connectivity index is 2.23. The Bertz CT molecular complexity index is 933.